The summed E-state index contributed by atoms with van der Waals surface area (Å²) in [6, 6.07) is 0. The lowest BCUT2D eigenvalue weighted by Gasteiger charge is -2.27. The molecule has 1 aliphatic heterocycles. The van der Waals surface area contributed by atoms with Crippen LogP contribution in [-0.4, -0.2) is 50.8 Å². The zero-order valence-corrected chi connectivity index (χ0v) is 9.98. The predicted molar refractivity (Wildman–Crippen MR) is 62.2 cm³/mol. The molecule has 0 aromatic carbocycles. The Morgan fingerprint density at radius 1 is 1.56 bits per heavy atom. The topological polar surface area (TPSA) is 38.8 Å². The van der Waals surface area contributed by atoms with Gasteiger partial charge >= 0.3 is 0 Å². The van der Waals surface area contributed by atoms with Crippen molar-refractivity contribution in [1.82, 2.24) is 4.90 Å². The molecule has 0 bridgehead atoms. The maximum absolute atomic E-state index is 11.8. The second kappa shape index (κ2) is 7.41. The maximum Gasteiger partial charge on any atom is 0.222 e. The molecule has 92 valence electrons. The molecule has 0 aromatic heterocycles. The molecule has 4 nitrogen and oxygen atoms in total. The summed E-state index contributed by atoms with van der Waals surface area (Å²) >= 11 is 0. The first-order chi connectivity index (χ1) is 7.77. The molecule has 1 atom stereocenters. The third-order valence-electron chi connectivity index (χ3n) is 2.81. The summed E-state index contributed by atoms with van der Waals surface area (Å²) in [4.78, 5) is 13.7. The number of hydrogen-bond acceptors (Lipinski definition) is 3. The first kappa shape index (κ1) is 13.2. The van der Waals surface area contributed by atoms with E-state index in [0.717, 1.165) is 19.5 Å². The second-order valence-corrected chi connectivity index (χ2v) is 3.98. The number of carbonyl (C=O) groups is 1. The lowest BCUT2D eigenvalue weighted by Crippen LogP contribution is -2.40. The fourth-order valence-electron chi connectivity index (χ4n) is 1.76. The molecule has 4 heteroatoms. The Balaban J connectivity index is 2.24. The molecule has 16 heavy (non-hydrogen) atoms. The highest BCUT2D eigenvalue weighted by atomic mass is 16.5. The van der Waals surface area contributed by atoms with E-state index in [0.29, 0.717) is 26.2 Å². The Kier molecular flexibility index (Phi) is 6.11. The molecule has 1 amide bonds. The van der Waals surface area contributed by atoms with Gasteiger partial charge in [-0.1, -0.05) is 6.08 Å². The first-order valence-corrected chi connectivity index (χ1v) is 5.75. The molecule has 0 aromatic rings. The number of ether oxygens (including phenoxy) is 2. The van der Waals surface area contributed by atoms with Gasteiger partial charge < -0.3 is 14.4 Å². The summed E-state index contributed by atoms with van der Waals surface area (Å²) in [6.07, 6.45) is 3.24. The fraction of sp³-hybridized carbons (Fsp3) is 0.750. The molecule has 0 radical (unpaired) electrons. The lowest BCUT2D eigenvalue weighted by molar-refractivity contribution is -0.135. The van der Waals surface area contributed by atoms with E-state index >= 15 is 0 Å². The first-order valence-electron chi connectivity index (χ1n) is 5.75. The Bertz CT molecular complexity index is 224. The molecule has 0 N–H and O–H groups in total. The van der Waals surface area contributed by atoms with Gasteiger partial charge in [-0.15, -0.1) is 6.58 Å². The molecule has 1 heterocycles. The van der Waals surface area contributed by atoms with Crippen LogP contribution in [0.3, 0.4) is 0 Å². The normalized spacial score (nSPS) is 18.2. The van der Waals surface area contributed by atoms with Crippen molar-refractivity contribution in [2.45, 2.75) is 12.8 Å². The largest absolute Gasteiger partial charge is 0.384 e. The zero-order valence-electron chi connectivity index (χ0n) is 9.98. The second-order valence-electron chi connectivity index (χ2n) is 3.98. The monoisotopic (exact) mass is 227 g/mol. The number of morpholine rings is 1. The maximum atomic E-state index is 11.8. The standard InChI is InChI=1S/C12H21NO3/c1-3-11(10-15-2)4-5-12(14)13-6-8-16-9-7-13/h3,11H,1,4-10H2,2H3/t11-/m1/s1. The van der Waals surface area contributed by atoms with Crippen LogP contribution in [0.1, 0.15) is 12.8 Å². The van der Waals surface area contributed by atoms with E-state index in [-0.39, 0.29) is 11.8 Å². The summed E-state index contributed by atoms with van der Waals surface area (Å²) in [5.74, 6) is 0.487. The lowest BCUT2D eigenvalue weighted by atomic mass is 10.0. The van der Waals surface area contributed by atoms with Crippen LogP contribution >= 0.6 is 0 Å². The van der Waals surface area contributed by atoms with E-state index in [1.54, 1.807) is 7.11 Å². The summed E-state index contributed by atoms with van der Waals surface area (Å²) < 4.78 is 10.3. The minimum Gasteiger partial charge on any atom is -0.384 e. The Hall–Kier alpha value is -0.870. The average Bonchev–Trinajstić information content (AvgIpc) is 2.35. The zero-order chi connectivity index (χ0) is 11.8. The van der Waals surface area contributed by atoms with Crippen LogP contribution in [0.25, 0.3) is 0 Å². The van der Waals surface area contributed by atoms with Crippen molar-refractivity contribution >= 4 is 5.91 Å². The number of rotatable bonds is 6. The average molecular weight is 227 g/mol. The number of methoxy groups -OCH3 is 1. The van der Waals surface area contributed by atoms with Crippen LogP contribution < -0.4 is 0 Å². The Labute approximate surface area is 97.2 Å². The van der Waals surface area contributed by atoms with Crippen molar-refractivity contribution in [3.63, 3.8) is 0 Å². The summed E-state index contributed by atoms with van der Waals surface area (Å²) in [6.45, 7) is 7.15. The number of carbonyl (C=O) groups excluding carboxylic acids is 1. The van der Waals surface area contributed by atoms with E-state index < -0.39 is 0 Å². The van der Waals surface area contributed by atoms with E-state index in [4.69, 9.17) is 9.47 Å². The quantitative estimate of drug-likeness (QED) is 0.637. The van der Waals surface area contributed by atoms with Crippen LogP contribution in [0.5, 0.6) is 0 Å². The molecule has 1 rings (SSSR count). The van der Waals surface area contributed by atoms with Gasteiger partial charge in [0.1, 0.15) is 0 Å². The van der Waals surface area contributed by atoms with Crippen LogP contribution in [0.15, 0.2) is 12.7 Å². The van der Waals surface area contributed by atoms with Gasteiger partial charge in [0.05, 0.1) is 19.8 Å². The molecule has 0 aliphatic carbocycles. The molecule has 0 saturated carbocycles. The van der Waals surface area contributed by atoms with Gasteiger partial charge in [0.25, 0.3) is 0 Å². The minimum atomic E-state index is 0.214. The van der Waals surface area contributed by atoms with Gasteiger partial charge in [0.2, 0.25) is 5.91 Å². The highest BCUT2D eigenvalue weighted by molar-refractivity contribution is 5.76. The van der Waals surface area contributed by atoms with Crippen molar-refractivity contribution in [1.29, 1.82) is 0 Å². The molecule has 1 aliphatic rings. The number of nitrogens with zero attached hydrogens (tertiary/aromatic N) is 1. The van der Waals surface area contributed by atoms with Gasteiger partial charge in [-0.3, -0.25) is 4.79 Å². The van der Waals surface area contributed by atoms with Gasteiger partial charge in [0, 0.05) is 32.5 Å². The van der Waals surface area contributed by atoms with Crippen molar-refractivity contribution in [2.75, 3.05) is 40.0 Å². The summed E-state index contributed by atoms with van der Waals surface area (Å²) in [5.41, 5.74) is 0. The van der Waals surface area contributed by atoms with Gasteiger partial charge in [-0.2, -0.15) is 0 Å². The summed E-state index contributed by atoms with van der Waals surface area (Å²) in [5, 5.41) is 0. The molecular formula is C12H21NO3. The molecule has 0 spiro atoms. The predicted octanol–water partition coefficient (Wildman–Crippen LogP) is 1.07. The van der Waals surface area contributed by atoms with E-state index in [2.05, 4.69) is 6.58 Å². The Morgan fingerprint density at radius 2 is 2.25 bits per heavy atom. The molecule has 1 fully saturated rings. The summed E-state index contributed by atoms with van der Waals surface area (Å²) in [7, 11) is 1.67. The molecular weight excluding hydrogens is 206 g/mol. The van der Waals surface area contributed by atoms with Gasteiger partial charge in [-0.05, 0) is 6.42 Å². The van der Waals surface area contributed by atoms with Crippen LogP contribution in [0.4, 0.5) is 0 Å². The molecule has 0 unspecified atom stereocenters. The highest BCUT2D eigenvalue weighted by Crippen LogP contribution is 2.10. The molecule has 1 saturated heterocycles. The van der Waals surface area contributed by atoms with Crippen molar-refractivity contribution < 1.29 is 14.3 Å². The van der Waals surface area contributed by atoms with Crippen LogP contribution in [0, 0.1) is 5.92 Å². The smallest absolute Gasteiger partial charge is 0.222 e. The third kappa shape index (κ3) is 4.33. The highest BCUT2D eigenvalue weighted by Gasteiger charge is 2.17. The third-order valence-corrected chi connectivity index (χ3v) is 2.81. The number of hydrogen-bond donors (Lipinski definition) is 0. The minimum absolute atomic E-state index is 0.214. The van der Waals surface area contributed by atoms with E-state index in [9.17, 15) is 4.79 Å². The SMILES string of the molecule is C=C[C@H](CCC(=O)N1CCOCC1)COC. The Morgan fingerprint density at radius 3 is 2.81 bits per heavy atom. The number of amides is 1. The van der Waals surface area contributed by atoms with Crippen molar-refractivity contribution in [3.8, 4) is 0 Å². The van der Waals surface area contributed by atoms with Gasteiger partial charge in [0.15, 0.2) is 0 Å². The van der Waals surface area contributed by atoms with E-state index in [1.807, 2.05) is 11.0 Å². The van der Waals surface area contributed by atoms with Crippen LogP contribution in [0.2, 0.25) is 0 Å². The van der Waals surface area contributed by atoms with E-state index in [1.165, 1.54) is 0 Å². The van der Waals surface area contributed by atoms with Gasteiger partial charge in [-0.25, -0.2) is 0 Å². The van der Waals surface area contributed by atoms with Crippen LogP contribution in [-0.2, 0) is 14.3 Å². The van der Waals surface area contributed by atoms with Crippen molar-refractivity contribution in [2.24, 2.45) is 5.92 Å². The van der Waals surface area contributed by atoms with Crippen molar-refractivity contribution in [3.05, 3.63) is 12.7 Å². The fourth-order valence-corrected chi connectivity index (χ4v) is 1.76.